The van der Waals surface area contributed by atoms with Gasteiger partial charge in [-0.2, -0.15) is 0 Å². The lowest BCUT2D eigenvalue weighted by atomic mass is 10.2. The monoisotopic (exact) mass is 238 g/mol. The van der Waals surface area contributed by atoms with Crippen molar-refractivity contribution in [1.82, 2.24) is 9.55 Å². The summed E-state index contributed by atoms with van der Waals surface area (Å²) >= 11 is 0. The van der Waals surface area contributed by atoms with Crippen LogP contribution < -0.4 is 0 Å². The molecule has 0 radical (unpaired) electrons. The van der Waals surface area contributed by atoms with Crippen molar-refractivity contribution in [2.45, 2.75) is 6.92 Å². The Labute approximate surface area is 109 Å². The fourth-order valence-corrected chi connectivity index (χ4v) is 1.70. The van der Waals surface area contributed by atoms with Gasteiger partial charge in [0.05, 0.1) is 11.4 Å². The van der Waals surface area contributed by atoms with Crippen molar-refractivity contribution in [3.05, 3.63) is 68.3 Å². The summed E-state index contributed by atoms with van der Waals surface area (Å²) in [7, 11) is 0. The molecule has 0 saturated heterocycles. The van der Waals surface area contributed by atoms with Crippen molar-refractivity contribution in [2.75, 3.05) is 0 Å². The number of imidazole rings is 1. The highest BCUT2D eigenvalue weighted by Crippen LogP contribution is 2.24. The van der Waals surface area contributed by atoms with Gasteiger partial charge in [-0.3, -0.25) is 4.57 Å². The number of allylic oxidation sites excluding steroid dienone is 5. The van der Waals surface area contributed by atoms with Crippen LogP contribution >= 0.6 is 0 Å². The second-order valence-electron chi connectivity index (χ2n) is 3.76. The van der Waals surface area contributed by atoms with Crippen LogP contribution in [0.15, 0.2) is 51.1 Å². The van der Waals surface area contributed by atoms with Crippen molar-refractivity contribution in [1.29, 1.82) is 0 Å². The van der Waals surface area contributed by atoms with E-state index in [4.69, 9.17) is 0 Å². The second kappa shape index (κ2) is 5.82. The van der Waals surface area contributed by atoms with Gasteiger partial charge in [-0.15, -0.1) is 0 Å². The van der Waals surface area contributed by atoms with Gasteiger partial charge in [-0.25, -0.2) is 4.98 Å². The van der Waals surface area contributed by atoms with Gasteiger partial charge in [0.1, 0.15) is 5.82 Å². The predicted molar refractivity (Wildman–Crippen MR) is 81.8 cm³/mol. The van der Waals surface area contributed by atoms with Gasteiger partial charge in [0.15, 0.2) is 0 Å². The third kappa shape index (κ3) is 2.33. The topological polar surface area (TPSA) is 17.8 Å². The first-order valence-corrected chi connectivity index (χ1v) is 5.59. The molecule has 0 atom stereocenters. The molecule has 92 valence electrons. The molecule has 0 saturated carbocycles. The Morgan fingerprint density at radius 1 is 1.17 bits per heavy atom. The summed E-state index contributed by atoms with van der Waals surface area (Å²) in [6.45, 7) is 21.0. The van der Waals surface area contributed by atoms with Gasteiger partial charge in [-0.1, -0.05) is 39.0 Å². The largest absolute Gasteiger partial charge is 0.293 e. The molecule has 2 heteroatoms. The van der Waals surface area contributed by atoms with E-state index in [1.54, 1.807) is 24.3 Å². The Hall–Kier alpha value is -2.35. The molecule has 0 bridgehead atoms. The summed E-state index contributed by atoms with van der Waals surface area (Å²) in [6, 6.07) is 0. The zero-order chi connectivity index (χ0) is 13.7. The van der Waals surface area contributed by atoms with E-state index in [9.17, 15) is 0 Å². The van der Waals surface area contributed by atoms with Gasteiger partial charge in [0.25, 0.3) is 0 Å². The molecule has 0 amide bonds. The first-order chi connectivity index (χ1) is 8.60. The molecule has 1 aromatic heterocycles. The standard InChI is InChI=1S/C16H18N2/c1-7-11-13(8-2)18-15(10-4)14(9-3)17-16(18)12(5)6/h7-11H,1-5H2,6H3/b13-11+. The van der Waals surface area contributed by atoms with Gasteiger partial charge in [0, 0.05) is 5.70 Å². The van der Waals surface area contributed by atoms with Crippen LogP contribution in [-0.4, -0.2) is 9.55 Å². The molecular weight excluding hydrogens is 220 g/mol. The van der Waals surface area contributed by atoms with Crippen molar-refractivity contribution in [2.24, 2.45) is 0 Å². The van der Waals surface area contributed by atoms with Crippen LogP contribution in [0.2, 0.25) is 0 Å². The average Bonchev–Trinajstić information content (AvgIpc) is 2.74. The maximum atomic E-state index is 4.50. The zero-order valence-electron chi connectivity index (χ0n) is 10.8. The highest BCUT2D eigenvalue weighted by Gasteiger charge is 2.15. The van der Waals surface area contributed by atoms with E-state index in [0.717, 1.165) is 28.5 Å². The molecule has 0 spiro atoms. The molecular formula is C16H18N2. The van der Waals surface area contributed by atoms with Crippen LogP contribution in [0.3, 0.4) is 0 Å². The predicted octanol–water partition coefficient (Wildman–Crippen LogP) is 4.42. The number of nitrogens with zero attached hydrogens (tertiary/aromatic N) is 2. The van der Waals surface area contributed by atoms with Crippen LogP contribution in [-0.2, 0) is 0 Å². The zero-order valence-corrected chi connectivity index (χ0v) is 10.8. The van der Waals surface area contributed by atoms with E-state index in [2.05, 4.69) is 37.9 Å². The minimum Gasteiger partial charge on any atom is -0.293 e. The maximum absolute atomic E-state index is 4.50. The first-order valence-electron chi connectivity index (χ1n) is 5.59. The summed E-state index contributed by atoms with van der Waals surface area (Å²) in [4.78, 5) is 4.50. The Bertz CT molecular complexity index is 554. The normalized spacial score (nSPS) is 10.8. The van der Waals surface area contributed by atoms with Crippen molar-refractivity contribution < 1.29 is 0 Å². The molecule has 2 nitrogen and oxygen atoms in total. The molecule has 1 aromatic rings. The smallest absolute Gasteiger partial charge is 0.140 e. The van der Waals surface area contributed by atoms with Crippen molar-refractivity contribution in [3.8, 4) is 0 Å². The lowest BCUT2D eigenvalue weighted by molar-refractivity contribution is 1.05. The van der Waals surface area contributed by atoms with E-state index in [1.165, 1.54) is 0 Å². The fourth-order valence-electron chi connectivity index (χ4n) is 1.70. The summed E-state index contributed by atoms with van der Waals surface area (Å²) in [6.07, 6.45) is 8.77. The third-order valence-corrected chi connectivity index (χ3v) is 2.47. The quantitative estimate of drug-likeness (QED) is 0.671. The molecule has 18 heavy (non-hydrogen) atoms. The minimum absolute atomic E-state index is 0.771. The lowest BCUT2D eigenvalue weighted by Gasteiger charge is -2.10. The number of hydrogen-bond donors (Lipinski definition) is 0. The van der Waals surface area contributed by atoms with E-state index >= 15 is 0 Å². The molecule has 0 aromatic carbocycles. The number of rotatable bonds is 6. The highest BCUT2D eigenvalue weighted by molar-refractivity contribution is 5.73. The van der Waals surface area contributed by atoms with Crippen LogP contribution in [0.4, 0.5) is 0 Å². The molecule has 0 aliphatic rings. The SMILES string of the molecule is C=C/C=C(\C=C)n1c(C(=C)C)nc(C=C)c1C=C. The second-order valence-corrected chi connectivity index (χ2v) is 3.76. The Kier molecular flexibility index (Phi) is 4.44. The van der Waals surface area contributed by atoms with Gasteiger partial charge in [0.2, 0.25) is 0 Å². The molecule has 1 heterocycles. The van der Waals surface area contributed by atoms with Crippen molar-refractivity contribution >= 4 is 23.4 Å². The summed E-state index contributed by atoms with van der Waals surface area (Å²) in [5, 5.41) is 0. The van der Waals surface area contributed by atoms with E-state index in [1.807, 2.05) is 17.6 Å². The Balaban J connectivity index is 3.71. The highest BCUT2D eigenvalue weighted by atomic mass is 15.1. The lowest BCUT2D eigenvalue weighted by Crippen LogP contribution is -2.02. The summed E-state index contributed by atoms with van der Waals surface area (Å²) in [5.74, 6) is 0.771. The van der Waals surface area contributed by atoms with Gasteiger partial charge >= 0.3 is 0 Å². The molecule has 0 aliphatic carbocycles. The summed E-state index contributed by atoms with van der Waals surface area (Å²) in [5.41, 5.74) is 3.39. The van der Waals surface area contributed by atoms with E-state index in [-0.39, 0.29) is 0 Å². The molecule has 0 unspecified atom stereocenters. The average molecular weight is 238 g/mol. The molecule has 0 aliphatic heterocycles. The molecule has 0 fully saturated rings. The maximum Gasteiger partial charge on any atom is 0.140 e. The molecule has 0 N–H and O–H groups in total. The number of aromatic nitrogens is 2. The van der Waals surface area contributed by atoms with Gasteiger partial charge < -0.3 is 0 Å². The Morgan fingerprint density at radius 2 is 1.83 bits per heavy atom. The van der Waals surface area contributed by atoms with E-state index in [0.29, 0.717) is 0 Å². The molecule has 1 rings (SSSR count). The van der Waals surface area contributed by atoms with Crippen LogP contribution in [0, 0.1) is 0 Å². The summed E-state index contributed by atoms with van der Waals surface area (Å²) < 4.78 is 1.95. The van der Waals surface area contributed by atoms with Crippen LogP contribution in [0.5, 0.6) is 0 Å². The number of hydrogen-bond acceptors (Lipinski definition) is 1. The minimum atomic E-state index is 0.771. The van der Waals surface area contributed by atoms with Gasteiger partial charge in [-0.05, 0) is 36.8 Å². The van der Waals surface area contributed by atoms with Crippen molar-refractivity contribution in [3.63, 3.8) is 0 Å². The van der Waals surface area contributed by atoms with Crippen LogP contribution in [0.25, 0.3) is 23.4 Å². The third-order valence-electron chi connectivity index (χ3n) is 2.47. The first kappa shape index (κ1) is 13.7. The van der Waals surface area contributed by atoms with Crippen LogP contribution in [0.1, 0.15) is 24.1 Å². The fraction of sp³-hybridized carbons (Fsp3) is 0.0625. The Morgan fingerprint density at radius 3 is 2.22 bits per heavy atom. The van der Waals surface area contributed by atoms with E-state index < -0.39 is 0 Å².